The highest BCUT2D eigenvalue weighted by molar-refractivity contribution is 14.1. The van der Waals surface area contributed by atoms with Crippen molar-refractivity contribution in [2.75, 3.05) is 0 Å². The number of hydrogen-bond donors (Lipinski definition) is 0. The zero-order chi connectivity index (χ0) is 14.8. The quantitative estimate of drug-likeness (QED) is 0.296. The SMILES string of the molecule is O=CC(=O)c1cn(Cc2ccccc2I)c2ccccc12. The first-order valence-electron chi connectivity index (χ1n) is 6.51. The number of halogens is 1. The maximum absolute atomic E-state index is 11.8. The van der Waals surface area contributed by atoms with E-state index in [1.165, 1.54) is 9.13 Å². The van der Waals surface area contributed by atoms with Gasteiger partial charge in [0.15, 0.2) is 6.29 Å². The van der Waals surface area contributed by atoms with Gasteiger partial charge in [-0.05, 0) is 40.3 Å². The summed E-state index contributed by atoms with van der Waals surface area (Å²) in [5, 5.41) is 0.820. The Hall–Kier alpha value is -1.95. The Kier molecular flexibility index (Phi) is 3.88. The summed E-state index contributed by atoms with van der Waals surface area (Å²) in [5.41, 5.74) is 2.61. The summed E-state index contributed by atoms with van der Waals surface area (Å²) in [4.78, 5) is 22.6. The van der Waals surface area contributed by atoms with Crippen molar-refractivity contribution in [3.8, 4) is 0 Å². The molecule has 21 heavy (non-hydrogen) atoms. The van der Waals surface area contributed by atoms with Gasteiger partial charge in [-0.15, -0.1) is 0 Å². The van der Waals surface area contributed by atoms with Crippen LogP contribution < -0.4 is 0 Å². The fourth-order valence-corrected chi connectivity index (χ4v) is 3.01. The number of hydrogen-bond acceptors (Lipinski definition) is 2. The number of carbonyl (C=O) groups is 2. The number of aromatic nitrogens is 1. The highest BCUT2D eigenvalue weighted by Crippen LogP contribution is 2.23. The van der Waals surface area contributed by atoms with Gasteiger partial charge >= 0.3 is 0 Å². The highest BCUT2D eigenvalue weighted by atomic mass is 127. The van der Waals surface area contributed by atoms with Crippen LogP contribution in [0.25, 0.3) is 10.9 Å². The third-order valence-electron chi connectivity index (χ3n) is 3.46. The lowest BCUT2D eigenvalue weighted by atomic mass is 10.1. The number of carbonyl (C=O) groups excluding carboxylic acids is 2. The van der Waals surface area contributed by atoms with Gasteiger partial charge in [-0.2, -0.15) is 0 Å². The average Bonchev–Trinajstić information content (AvgIpc) is 2.88. The summed E-state index contributed by atoms with van der Waals surface area (Å²) in [6.07, 6.45) is 2.14. The second kappa shape index (κ2) is 5.81. The lowest BCUT2D eigenvalue weighted by molar-refractivity contribution is -0.104. The first-order chi connectivity index (χ1) is 10.2. The molecule has 0 atom stereocenters. The lowest BCUT2D eigenvalue weighted by Crippen LogP contribution is -2.01. The molecule has 0 amide bonds. The van der Waals surface area contributed by atoms with Crippen LogP contribution in [0.4, 0.5) is 0 Å². The molecule has 2 aromatic carbocycles. The van der Waals surface area contributed by atoms with Crippen molar-refractivity contribution in [1.29, 1.82) is 0 Å². The smallest absolute Gasteiger partial charge is 0.227 e. The van der Waals surface area contributed by atoms with E-state index in [4.69, 9.17) is 0 Å². The van der Waals surface area contributed by atoms with E-state index < -0.39 is 5.78 Å². The van der Waals surface area contributed by atoms with Gasteiger partial charge in [0.2, 0.25) is 5.78 Å². The molecule has 0 N–H and O–H groups in total. The van der Waals surface area contributed by atoms with Crippen molar-refractivity contribution in [3.05, 3.63) is 69.4 Å². The number of fused-ring (bicyclic) bond motifs is 1. The minimum Gasteiger partial charge on any atom is -0.342 e. The molecule has 0 aliphatic rings. The molecule has 0 aliphatic heterocycles. The second-order valence-electron chi connectivity index (χ2n) is 4.76. The molecule has 3 aromatic rings. The first kappa shape index (κ1) is 14.0. The standard InChI is InChI=1S/C17H12INO2/c18-15-7-3-1-5-12(15)9-19-10-14(17(21)11-20)13-6-2-4-8-16(13)19/h1-8,10-11H,9H2. The van der Waals surface area contributed by atoms with E-state index >= 15 is 0 Å². The van der Waals surface area contributed by atoms with Gasteiger partial charge in [0, 0.05) is 27.2 Å². The first-order valence-corrected chi connectivity index (χ1v) is 7.59. The minimum absolute atomic E-state index is 0.373. The molecule has 1 aromatic heterocycles. The molecule has 0 radical (unpaired) electrons. The van der Waals surface area contributed by atoms with Gasteiger partial charge in [-0.3, -0.25) is 9.59 Å². The van der Waals surface area contributed by atoms with E-state index in [0.717, 1.165) is 10.9 Å². The van der Waals surface area contributed by atoms with E-state index in [9.17, 15) is 9.59 Å². The normalized spacial score (nSPS) is 10.7. The predicted octanol–water partition coefficient (Wildman–Crippen LogP) is 3.68. The largest absolute Gasteiger partial charge is 0.342 e. The van der Waals surface area contributed by atoms with Crippen molar-refractivity contribution in [1.82, 2.24) is 4.57 Å². The Morgan fingerprint density at radius 2 is 1.81 bits per heavy atom. The Bertz CT molecular complexity index is 836. The van der Waals surface area contributed by atoms with Crippen molar-refractivity contribution >= 4 is 45.6 Å². The number of ketones is 1. The molecule has 0 spiro atoms. The van der Waals surface area contributed by atoms with Crippen LogP contribution in [0.3, 0.4) is 0 Å². The zero-order valence-corrected chi connectivity index (χ0v) is 13.3. The topological polar surface area (TPSA) is 39.1 Å². The number of para-hydroxylation sites is 1. The number of Topliss-reactive ketones (excluding diaryl/α,β-unsaturated/α-hetero) is 1. The van der Waals surface area contributed by atoms with E-state index in [2.05, 4.69) is 34.7 Å². The van der Waals surface area contributed by atoms with Crippen LogP contribution in [-0.4, -0.2) is 16.6 Å². The van der Waals surface area contributed by atoms with Crippen LogP contribution in [0, 0.1) is 3.57 Å². The number of nitrogens with zero attached hydrogens (tertiary/aromatic N) is 1. The second-order valence-corrected chi connectivity index (χ2v) is 5.92. The average molecular weight is 389 g/mol. The van der Waals surface area contributed by atoms with Crippen molar-refractivity contribution < 1.29 is 9.59 Å². The van der Waals surface area contributed by atoms with Crippen LogP contribution in [-0.2, 0) is 11.3 Å². The molecule has 3 rings (SSSR count). The Morgan fingerprint density at radius 3 is 2.57 bits per heavy atom. The molecule has 0 unspecified atom stereocenters. The monoisotopic (exact) mass is 389 g/mol. The molecule has 0 bridgehead atoms. The van der Waals surface area contributed by atoms with E-state index in [1.54, 1.807) is 6.20 Å². The minimum atomic E-state index is -0.479. The van der Waals surface area contributed by atoms with Gasteiger partial charge in [-0.25, -0.2) is 0 Å². The molecular weight excluding hydrogens is 377 g/mol. The van der Waals surface area contributed by atoms with Crippen LogP contribution in [0.2, 0.25) is 0 Å². The lowest BCUT2D eigenvalue weighted by Gasteiger charge is -2.07. The fraction of sp³-hybridized carbons (Fsp3) is 0.0588. The van der Waals surface area contributed by atoms with Crippen molar-refractivity contribution in [3.63, 3.8) is 0 Å². The Balaban J connectivity index is 2.13. The summed E-state index contributed by atoms with van der Waals surface area (Å²) < 4.78 is 3.19. The number of rotatable bonds is 4. The van der Waals surface area contributed by atoms with Crippen molar-refractivity contribution in [2.24, 2.45) is 0 Å². The molecule has 0 saturated heterocycles. The summed E-state index contributed by atoms with van der Waals surface area (Å²) in [6.45, 7) is 0.672. The third-order valence-corrected chi connectivity index (χ3v) is 4.51. The van der Waals surface area contributed by atoms with Gasteiger partial charge < -0.3 is 4.57 Å². The molecule has 0 fully saturated rings. The van der Waals surface area contributed by atoms with Crippen LogP contribution in [0.5, 0.6) is 0 Å². The molecule has 0 saturated carbocycles. The van der Waals surface area contributed by atoms with E-state index in [-0.39, 0.29) is 0 Å². The zero-order valence-electron chi connectivity index (χ0n) is 11.1. The van der Waals surface area contributed by atoms with Crippen molar-refractivity contribution in [2.45, 2.75) is 6.54 Å². The maximum Gasteiger partial charge on any atom is 0.227 e. The van der Waals surface area contributed by atoms with Crippen LogP contribution in [0.15, 0.2) is 54.7 Å². The Morgan fingerprint density at radius 1 is 1.10 bits per heavy atom. The van der Waals surface area contributed by atoms with Gasteiger partial charge in [0.05, 0.1) is 5.56 Å². The summed E-state index contributed by atoms with van der Waals surface area (Å²) in [6, 6.07) is 15.8. The van der Waals surface area contributed by atoms with Gasteiger partial charge in [-0.1, -0.05) is 36.4 Å². The van der Waals surface area contributed by atoms with Crippen LogP contribution in [0.1, 0.15) is 15.9 Å². The maximum atomic E-state index is 11.8. The highest BCUT2D eigenvalue weighted by Gasteiger charge is 2.14. The summed E-state index contributed by atoms with van der Waals surface area (Å²) in [7, 11) is 0. The fourth-order valence-electron chi connectivity index (χ4n) is 2.45. The molecule has 0 aliphatic carbocycles. The van der Waals surface area contributed by atoms with E-state index in [0.29, 0.717) is 18.4 Å². The molecular formula is C17H12INO2. The summed E-state index contributed by atoms with van der Waals surface area (Å²) in [5.74, 6) is -0.479. The number of benzene rings is 2. The van der Waals surface area contributed by atoms with E-state index in [1.807, 2.05) is 41.0 Å². The number of aldehydes is 1. The molecule has 3 nitrogen and oxygen atoms in total. The molecule has 4 heteroatoms. The molecule has 1 heterocycles. The Labute approximate surface area is 135 Å². The summed E-state index contributed by atoms with van der Waals surface area (Å²) >= 11 is 2.30. The van der Waals surface area contributed by atoms with Crippen LogP contribution >= 0.6 is 22.6 Å². The van der Waals surface area contributed by atoms with Gasteiger partial charge in [0.1, 0.15) is 0 Å². The predicted molar refractivity (Wildman–Crippen MR) is 90.6 cm³/mol. The third kappa shape index (κ3) is 2.63. The molecule has 104 valence electrons. The van der Waals surface area contributed by atoms with Gasteiger partial charge in [0.25, 0.3) is 0 Å².